The topological polar surface area (TPSA) is 102 Å². The molecule has 2 heterocycles. The zero-order valence-corrected chi connectivity index (χ0v) is 16.2. The van der Waals surface area contributed by atoms with Crippen LogP contribution in [-0.4, -0.2) is 48.9 Å². The number of anilines is 1. The van der Waals surface area contributed by atoms with Crippen LogP contribution < -0.4 is 11.1 Å². The maximum atomic E-state index is 12.5. The van der Waals surface area contributed by atoms with Crippen molar-refractivity contribution < 1.29 is 19.1 Å². The number of nitrogens with zero attached hydrogens (tertiary/aromatic N) is 1. The number of primary amides is 1. The van der Waals surface area contributed by atoms with Gasteiger partial charge in [0.2, 0.25) is 5.91 Å². The molecule has 0 spiro atoms. The number of carbonyl (C=O) groups excluding carboxylic acids is 3. The van der Waals surface area contributed by atoms with Crippen LogP contribution in [0.25, 0.3) is 0 Å². The summed E-state index contributed by atoms with van der Waals surface area (Å²) in [4.78, 5) is 38.7. The van der Waals surface area contributed by atoms with Gasteiger partial charge in [-0.2, -0.15) is 0 Å². The zero-order valence-electron chi connectivity index (χ0n) is 15.4. The van der Waals surface area contributed by atoms with E-state index in [0.29, 0.717) is 10.6 Å². The molecular weight excluding hydrogens is 354 g/mol. The van der Waals surface area contributed by atoms with Crippen LogP contribution in [0.5, 0.6) is 0 Å². The average Bonchev–Trinajstić information content (AvgIpc) is 2.86. The molecule has 2 amide bonds. The summed E-state index contributed by atoms with van der Waals surface area (Å²) >= 11 is 1.02. The number of nitrogens with two attached hydrogens (primary N) is 1. The van der Waals surface area contributed by atoms with Gasteiger partial charge in [-0.1, -0.05) is 19.3 Å². The van der Waals surface area contributed by atoms with E-state index < -0.39 is 11.9 Å². The van der Waals surface area contributed by atoms with E-state index in [1.165, 1.54) is 19.3 Å². The van der Waals surface area contributed by atoms with E-state index in [0.717, 1.165) is 37.3 Å². The maximum absolute atomic E-state index is 12.5. The first kappa shape index (κ1) is 20.4. The summed E-state index contributed by atoms with van der Waals surface area (Å²) in [6, 6.07) is 0. The normalized spacial score (nSPS) is 15.8. The van der Waals surface area contributed by atoms with Crippen LogP contribution in [0.4, 0.5) is 5.00 Å². The van der Waals surface area contributed by atoms with Crippen molar-refractivity contribution >= 4 is 34.1 Å². The molecule has 2 rings (SSSR count). The number of esters is 1. The summed E-state index contributed by atoms with van der Waals surface area (Å²) in [6.45, 7) is 5.61. The van der Waals surface area contributed by atoms with Crippen LogP contribution in [0.3, 0.4) is 0 Å². The fourth-order valence-electron chi connectivity index (χ4n) is 3.13. The highest BCUT2D eigenvalue weighted by atomic mass is 32.1. The van der Waals surface area contributed by atoms with Crippen LogP contribution in [0.1, 0.15) is 64.6 Å². The molecule has 0 saturated carbocycles. The minimum atomic E-state index is -0.623. The highest BCUT2D eigenvalue weighted by Gasteiger charge is 2.26. The van der Waals surface area contributed by atoms with Gasteiger partial charge in [-0.3, -0.25) is 14.5 Å². The number of rotatable bonds is 6. The van der Waals surface area contributed by atoms with Crippen LogP contribution in [0.15, 0.2) is 0 Å². The Balaban J connectivity index is 2.13. The van der Waals surface area contributed by atoms with E-state index in [9.17, 15) is 14.4 Å². The predicted octanol–water partition coefficient (Wildman–Crippen LogP) is 2.54. The van der Waals surface area contributed by atoms with Gasteiger partial charge in [0.25, 0.3) is 5.91 Å². The molecule has 8 heteroatoms. The van der Waals surface area contributed by atoms with Crippen molar-refractivity contribution in [3.05, 3.63) is 16.0 Å². The lowest BCUT2D eigenvalue weighted by atomic mass is 10.1. The molecule has 1 aliphatic rings. The number of carbonyl (C=O) groups is 3. The Hall–Kier alpha value is -1.93. The fourth-order valence-corrected chi connectivity index (χ4v) is 4.19. The first-order valence-corrected chi connectivity index (χ1v) is 9.88. The molecule has 0 bridgehead atoms. The molecule has 0 atom stereocenters. The third-order valence-electron chi connectivity index (χ3n) is 4.42. The monoisotopic (exact) mass is 381 g/mol. The first-order chi connectivity index (χ1) is 12.4. The van der Waals surface area contributed by atoms with Gasteiger partial charge in [-0.05, 0) is 45.3 Å². The Kier molecular flexibility index (Phi) is 7.59. The van der Waals surface area contributed by atoms with E-state index in [4.69, 9.17) is 10.5 Å². The summed E-state index contributed by atoms with van der Waals surface area (Å²) in [7, 11) is 0. The quantitative estimate of drug-likeness (QED) is 0.737. The van der Waals surface area contributed by atoms with Crippen molar-refractivity contribution in [1.82, 2.24) is 4.90 Å². The Bertz CT molecular complexity index is 664. The van der Waals surface area contributed by atoms with Gasteiger partial charge in [0.05, 0.1) is 23.6 Å². The van der Waals surface area contributed by atoms with Gasteiger partial charge in [0.15, 0.2) is 0 Å². The lowest BCUT2D eigenvalue weighted by Crippen LogP contribution is -2.35. The molecule has 1 aliphatic heterocycles. The second kappa shape index (κ2) is 9.68. The van der Waals surface area contributed by atoms with Crippen LogP contribution >= 0.6 is 11.3 Å². The highest BCUT2D eigenvalue weighted by Crippen LogP contribution is 2.33. The molecule has 0 aliphatic carbocycles. The van der Waals surface area contributed by atoms with Crippen molar-refractivity contribution in [3.63, 3.8) is 0 Å². The lowest BCUT2D eigenvalue weighted by molar-refractivity contribution is -0.117. The SMILES string of the molecule is CCOC(=O)c1c(NC(=O)CN2CCCCCCC2)sc(C(N)=O)c1C. The van der Waals surface area contributed by atoms with E-state index in [-0.39, 0.29) is 29.5 Å². The summed E-state index contributed by atoms with van der Waals surface area (Å²) < 4.78 is 5.06. The van der Waals surface area contributed by atoms with E-state index >= 15 is 0 Å². The fraction of sp³-hybridized carbons (Fsp3) is 0.611. The third-order valence-corrected chi connectivity index (χ3v) is 5.64. The van der Waals surface area contributed by atoms with Crippen molar-refractivity contribution in [2.24, 2.45) is 5.73 Å². The predicted molar refractivity (Wildman–Crippen MR) is 102 cm³/mol. The second-order valence-electron chi connectivity index (χ2n) is 6.44. The van der Waals surface area contributed by atoms with Gasteiger partial charge in [-0.25, -0.2) is 4.79 Å². The Morgan fingerprint density at radius 3 is 2.35 bits per heavy atom. The third kappa shape index (κ3) is 5.28. The summed E-state index contributed by atoms with van der Waals surface area (Å²) in [5.41, 5.74) is 6.04. The van der Waals surface area contributed by atoms with E-state index in [2.05, 4.69) is 10.2 Å². The highest BCUT2D eigenvalue weighted by molar-refractivity contribution is 7.18. The van der Waals surface area contributed by atoms with Crippen molar-refractivity contribution in [2.75, 3.05) is 31.6 Å². The molecule has 1 fully saturated rings. The van der Waals surface area contributed by atoms with Gasteiger partial charge in [0, 0.05) is 0 Å². The van der Waals surface area contributed by atoms with Gasteiger partial charge in [0.1, 0.15) is 5.00 Å². The summed E-state index contributed by atoms with van der Waals surface area (Å²) in [5, 5.41) is 3.10. The number of hydrogen-bond acceptors (Lipinski definition) is 6. The van der Waals surface area contributed by atoms with Crippen molar-refractivity contribution in [3.8, 4) is 0 Å². The molecule has 1 saturated heterocycles. The molecule has 1 aromatic heterocycles. The van der Waals surface area contributed by atoms with E-state index in [1.807, 2.05) is 0 Å². The molecule has 144 valence electrons. The minimum absolute atomic E-state index is 0.201. The minimum Gasteiger partial charge on any atom is -0.462 e. The molecule has 0 unspecified atom stereocenters. The van der Waals surface area contributed by atoms with Crippen LogP contribution in [-0.2, 0) is 9.53 Å². The molecule has 3 N–H and O–H groups in total. The van der Waals surface area contributed by atoms with Gasteiger partial charge >= 0.3 is 5.97 Å². The molecule has 1 aromatic rings. The Labute approximate surface area is 157 Å². The Morgan fingerprint density at radius 1 is 1.15 bits per heavy atom. The smallest absolute Gasteiger partial charge is 0.341 e. The lowest BCUT2D eigenvalue weighted by Gasteiger charge is -2.23. The number of likely N-dealkylation sites (tertiary alicyclic amines) is 1. The standard InChI is InChI=1S/C18H27N3O4S/c1-3-25-18(24)14-12(2)15(16(19)23)26-17(14)20-13(22)11-21-9-7-5-4-6-8-10-21/h3-11H2,1-2H3,(H2,19,23)(H,20,22). The van der Waals surface area contributed by atoms with Crippen molar-refractivity contribution in [1.29, 1.82) is 0 Å². The number of thiophene rings is 1. The maximum Gasteiger partial charge on any atom is 0.341 e. The molecule has 7 nitrogen and oxygen atoms in total. The van der Waals surface area contributed by atoms with Crippen molar-refractivity contribution in [2.45, 2.75) is 46.0 Å². The first-order valence-electron chi connectivity index (χ1n) is 9.06. The van der Waals surface area contributed by atoms with E-state index in [1.54, 1.807) is 13.8 Å². The second-order valence-corrected chi connectivity index (χ2v) is 7.46. The Morgan fingerprint density at radius 2 is 1.77 bits per heavy atom. The van der Waals surface area contributed by atoms with Gasteiger partial charge < -0.3 is 15.8 Å². The number of ether oxygens (including phenoxy) is 1. The number of amides is 2. The molecule has 0 radical (unpaired) electrons. The zero-order chi connectivity index (χ0) is 19.1. The number of hydrogen-bond donors (Lipinski definition) is 2. The van der Waals surface area contributed by atoms with Gasteiger partial charge in [-0.15, -0.1) is 11.3 Å². The molecule has 26 heavy (non-hydrogen) atoms. The molecule has 0 aromatic carbocycles. The number of nitrogens with one attached hydrogen (secondary N) is 1. The summed E-state index contributed by atoms with van der Waals surface area (Å²) in [5.74, 6) is -1.38. The average molecular weight is 381 g/mol. The largest absolute Gasteiger partial charge is 0.462 e. The van der Waals surface area contributed by atoms with Crippen LogP contribution in [0.2, 0.25) is 0 Å². The van der Waals surface area contributed by atoms with Crippen LogP contribution in [0, 0.1) is 6.92 Å². The molecular formula is C18H27N3O4S. The summed E-state index contributed by atoms with van der Waals surface area (Å²) in [6.07, 6.45) is 5.82.